The molecule has 0 amide bonds. The lowest BCUT2D eigenvalue weighted by Crippen LogP contribution is -2.54. The van der Waals surface area contributed by atoms with Gasteiger partial charge in [-0.1, -0.05) is 27.7 Å². The van der Waals surface area contributed by atoms with Crippen molar-refractivity contribution in [2.75, 3.05) is 7.11 Å². The molecule has 4 rings (SSSR count). The van der Waals surface area contributed by atoms with Crippen LogP contribution in [0.25, 0.3) is 0 Å². The second-order valence-corrected chi connectivity index (χ2v) is 9.22. The first-order chi connectivity index (χ1) is 11.9. The third kappa shape index (κ3) is 3.41. The predicted octanol–water partition coefficient (Wildman–Crippen LogP) is 4.39. The van der Waals surface area contributed by atoms with Gasteiger partial charge in [-0.3, -0.25) is 0 Å². The number of hydrogen-bond acceptors (Lipinski definition) is 3. The Kier molecular flexibility index (Phi) is 7.01. The SMILES string of the molecule is CC.CO.C[C@]12CC[C@H](O)CC1CCC1C2CC[C@@]2(C)C1CC[C@@H]2O. The lowest BCUT2D eigenvalue weighted by Gasteiger charge is -2.60. The Balaban J connectivity index is 0.000000528. The third-order valence-corrected chi connectivity index (χ3v) is 8.59. The van der Waals surface area contributed by atoms with Gasteiger partial charge >= 0.3 is 0 Å². The maximum Gasteiger partial charge on any atom is 0.0596 e. The van der Waals surface area contributed by atoms with Crippen LogP contribution in [-0.4, -0.2) is 34.6 Å². The second-order valence-electron chi connectivity index (χ2n) is 9.22. The summed E-state index contributed by atoms with van der Waals surface area (Å²) >= 11 is 0. The number of aliphatic hydroxyl groups excluding tert-OH is 3. The van der Waals surface area contributed by atoms with Gasteiger partial charge < -0.3 is 15.3 Å². The van der Waals surface area contributed by atoms with Crippen LogP contribution in [-0.2, 0) is 0 Å². The van der Waals surface area contributed by atoms with E-state index in [1.165, 1.54) is 38.5 Å². The van der Waals surface area contributed by atoms with Crippen LogP contribution in [0.3, 0.4) is 0 Å². The first kappa shape index (κ1) is 21.2. The summed E-state index contributed by atoms with van der Waals surface area (Å²) in [4.78, 5) is 0. The van der Waals surface area contributed by atoms with E-state index in [0.29, 0.717) is 5.41 Å². The summed E-state index contributed by atoms with van der Waals surface area (Å²) < 4.78 is 0. The van der Waals surface area contributed by atoms with Crippen LogP contribution in [0.5, 0.6) is 0 Å². The van der Waals surface area contributed by atoms with Crippen LogP contribution in [0.15, 0.2) is 0 Å². The third-order valence-electron chi connectivity index (χ3n) is 8.59. The van der Waals surface area contributed by atoms with E-state index in [4.69, 9.17) is 5.11 Å². The monoisotopic (exact) mass is 354 g/mol. The Morgan fingerprint density at radius 1 is 0.720 bits per heavy atom. The molecule has 25 heavy (non-hydrogen) atoms. The molecule has 4 unspecified atom stereocenters. The molecule has 0 spiro atoms. The van der Waals surface area contributed by atoms with E-state index in [2.05, 4.69) is 13.8 Å². The lowest BCUT2D eigenvalue weighted by atomic mass is 9.45. The zero-order valence-corrected chi connectivity index (χ0v) is 17.2. The topological polar surface area (TPSA) is 60.7 Å². The molecular formula is C22H42O3. The summed E-state index contributed by atoms with van der Waals surface area (Å²) in [6.07, 6.45) is 10.7. The van der Waals surface area contributed by atoms with Gasteiger partial charge in [0, 0.05) is 7.11 Å². The van der Waals surface area contributed by atoms with E-state index in [9.17, 15) is 10.2 Å². The molecule has 4 saturated carbocycles. The van der Waals surface area contributed by atoms with Crippen molar-refractivity contribution in [2.24, 2.45) is 34.5 Å². The summed E-state index contributed by atoms with van der Waals surface area (Å²) in [6, 6.07) is 0. The van der Waals surface area contributed by atoms with Crippen molar-refractivity contribution in [1.82, 2.24) is 0 Å². The minimum Gasteiger partial charge on any atom is -0.400 e. The highest BCUT2D eigenvalue weighted by Gasteiger charge is 2.59. The second kappa shape index (κ2) is 8.27. The first-order valence-corrected chi connectivity index (χ1v) is 10.8. The zero-order valence-electron chi connectivity index (χ0n) is 17.2. The maximum atomic E-state index is 10.5. The fourth-order valence-corrected chi connectivity index (χ4v) is 7.21. The number of rotatable bonds is 0. The van der Waals surface area contributed by atoms with E-state index >= 15 is 0 Å². The summed E-state index contributed by atoms with van der Waals surface area (Å²) in [6.45, 7) is 8.90. The van der Waals surface area contributed by atoms with E-state index in [1.54, 1.807) is 0 Å². The molecule has 0 aromatic heterocycles. The standard InChI is InChI=1S/C19H32O2.C2H6.CH4O/c1-18-9-7-13(20)11-12(18)3-4-14-15-5-6-17(21)19(15,2)10-8-16(14)18;2*1-2/h12-17,20-21H,3-11H2,1-2H3;1-2H3;2H,1H3/t12?,13-,14?,15?,16?,17-,18-,19-;;/m0../s1. The van der Waals surface area contributed by atoms with Crippen molar-refractivity contribution in [2.45, 2.75) is 97.7 Å². The lowest BCUT2D eigenvalue weighted by molar-refractivity contribution is -0.133. The Hall–Kier alpha value is -0.120. The van der Waals surface area contributed by atoms with Gasteiger partial charge in [0.15, 0.2) is 0 Å². The largest absolute Gasteiger partial charge is 0.400 e. The van der Waals surface area contributed by atoms with Gasteiger partial charge in [-0.15, -0.1) is 0 Å². The normalized spacial score (nSPS) is 50.9. The number of aliphatic hydroxyl groups is 3. The molecule has 3 heteroatoms. The molecule has 0 heterocycles. The van der Waals surface area contributed by atoms with E-state index < -0.39 is 0 Å². The van der Waals surface area contributed by atoms with Crippen molar-refractivity contribution < 1.29 is 15.3 Å². The molecule has 3 N–H and O–H groups in total. The van der Waals surface area contributed by atoms with Gasteiger partial charge in [0.2, 0.25) is 0 Å². The van der Waals surface area contributed by atoms with E-state index in [-0.39, 0.29) is 17.6 Å². The van der Waals surface area contributed by atoms with Gasteiger partial charge in [0.1, 0.15) is 0 Å². The molecule has 0 saturated heterocycles. The molecule has 3 nitrogen and oxygen atoms in total. The summed E-state index contributed by atoms with van der Waals surface area (Å²) in [5.41, 5.74) is 0.676. The van der Waals surface area contributed by atoms with Crippen LogP contribution in [0.2, 0.25) is 0 Å². The highest BCUT2D eigenvalue weighted by atomic mass is 16.3. The fourth-order valence-electron chi connectivity index (χ4n) is 7.21. The van der Waals surface area contributed by atoms with Crippen LogP contribution in [0.4, 0.5) is 0 Å². The molecular weight excluding hydrogens is 312 g/mol. The van der Waals surface area contributed by atoms with Crippen molar-refractivity contribution in [3.8, 4) is 0 Å². The quantitative estimate of drug-likeness (QED) is 0.605. The van der Waals surface area contributed by atoms with Gasteiger partial charge in [-0.25, -0.2) is 0 Å². The molecule has 0 radical (unpaired) electrons. The Morgan fingerprint density at radius 3 is 2.00 bits per heavy atom. The molecule has 0 aromatic rings. The molecule has 4 fully saturated rings. The van der Waals surface area contributed by atoms with Gasteiger partial charge in [0.05, 0.1) is 12.2 Å². The fraction of sp³-hybridized carbons (Fsp3) is 1.00. The molecule has 8 atom stereocenters. The van der Waals surface area contributed by atoms with Crippen molar-refractivity contribution in [1.29, 1.82) is 0 Å². The maximum absolute atomic E-state index is 10.5. The number of hydrogen-bond donors (Lipinski definition) is 3. The Labute approximate surface area is 155 Å². The molecule has 4 aliphatic carbocycles. The average Bonchev–Trinajstić information content (AvgIpc) is 2.94. The van der Waals surface area contributed by atoms with Crippen LogP contribution >= 0.6 is 0 Å². The van der Waals surface area contributed by atoms with Crippen LogP contribution in [0.1, 0.15) is 85.5 Å². The minimum absolute atomic E-state index is 0.0400. The average molecular weight is 355 g/mol. The molecule has 0 aliphatic heterocycles. The Morgan fingerprint density at radius 2 is 1.32 bits per heavy atom. The van der Waals surface area contributed by atoms with E-state index in [1.807, 2.05) is 13.8 Å². The highest BCUT2D eigenvalue weighted by Crippen LogP contribution is 2.66. The van der Waals surface area contributed by atoms with Crippen LogP contribution in [0, 0.1) is 34.5 Å². The first-order valence-electron chi connectivity index (χ1n) is 10.8. The van der Waals surface area contributed by atoms with Gasteiger partial charge in [-0.2, -0.15) is 0 Å². The zero-order chi connectivity index (χ0) is 18.8. The number of fused-ring (bicyclic) bond motifs is 5. The van der Waals surface area contributed by atoms with Gasteiger partial charge in [0.25, 0.3) is 0 Å². The van der Waals surface area contributed by atoms with Crippen molar-refractivity contribution >= 4 is 0 Å². The molecule has 0 bridgehead atoms. The summed E-state index contributed by atoms with van der Waals surface area (Å²) in [5.74, 6) is 3.21. The van der Waals surface area contributed by atoms with Crippen LogP contribution < -0.4 is 0 Å². The molecule has 148 valence electrons. The Bertz CT molecular complexity index is 425. The van der Waals surface area contributed by atoms with Gasteiger partial charge in [-0.05, 0) is 92.3 Å². The van der Waals surface area contributed by atoms with Crippen molar-refractivity contribution in [3.05, 3.63) is 0 Å². The van der Waals surface area contributed by atoms with Crippen molar-refractivity contribution in [3.63, 3.8) is 0 Å². The molecule has 4 aliphatic rings. The minimum atomic E-state index is -0.0536. The smallest absolute Gasteiger partial charge is 0.0596 e. The predicted molar refractivity (Wildman–Crippen MR) is 103 cm³/mol. The highest BCUT2D eigenvalue weighted by molar-refractivity contribution is 5.09. The summed E-state index contributed by atoms with van der Waals surface area (Å²) in [7, 11) is 1.00. The van der Waals surface area contributed by atoms with E-state index in [0.717, 1.165) is 50.0 Å². The summed E-state index contributed by atoms with van der Waals surface area (Å²) in [5, 5.41) is 27.5. The molecule has 0 aromatic carbocycles.